The fraction of sp³-hybridized carbons (Fsp3) is 0.273. The quantitative estimate of drug-likeness (QED) is 0.658. The Bertz CT molecular complexity index is 1040. The summed E-state index contributed by atoms with van der Waals surface area (Å²) in [6.07, 6.45) is 4.92. The number of pyridine rings is 1. The SMILES string of the molecule is O=C(NCc1ccccc1Cl)[C@H]1CCCN(C(=O)c2cc(-c3cccnc3)n[nH]2)C1. The Kier molecular flexibility index (Phi) is 6.09. The molecule has 1 aliphatic rings. The van der Waals surface area contributed by atoms with E-state index in [-0.39, 0.29) is 17.7 Å². The number of benzene rings is 1. The third-order valence-corrected chi connectivity index (χ3v) is 5.62. The first kappa shape index (κ1) is 20.1. The van der Waals surface area contributed by atoms with Crippen molar-refractivity contribution in [1.29, 1.82) is 0 Å². The van der Waals surface area contributed by atoms with Gasteiger partial charge in [0.25, 0.3) is 5.91 Å². The number of amides is 2. The molecule has 8 heteroatoms. The Hall–Kier alpha value is -3.19. The summed E-state index contributed by atoms with van der Waals surface area (Å²) >= 11 is 6.15. The van der Waals surface area contributed by atoms with E-state index in [2.05, 4.69) is 20.5 Å². The Labute approximate surface area is 179 Å². The molecular weight excluding hydrogens is 402 g/mol. The van der Waals surface area contributed by atoms with Gasteiger partial charge in [0.1, 0.15) is 5.69 Å². The third-order valence-electron chi connectivity index (χ3n) is 5.26. The Balaban J connectivity index is 1.37. The van der Waals surface area contributed by atoms with Crippen molar-refractivity contribution < 1.29 is 9.59 Å². The highest BCUT2D eigenvalue weighted by molar-refractivity contribution is 6.31. The number of aromatic amines is 1. The van der Waals surface area contributed by atoms with E-state index in [9.17, 15) is 9.59 Å². The van der Waals surface area contributed by atoms with E-state index in [1.807, 2.05) is 30.3 Å². The van der Waals surface area contributed by atoms with Gasteiger partial charge in [0, 0.05) is 42.6 Å². The average molecular weight is 424 g/mol. The number of halogens is 1. The maximum absolute atomic E-state index is 12.9. The van der Waals surface area contributed by atoms with Crippen LogP contribution in [0.25, 0.3) is 11.3 Å². The Morgan fingerprint density at radius 2 is 2.10 bits per heavy atom. The second-order valence-corrected chi connectivity index (χ2v) is 7.72. The normalized spacial score (nSPS) is 16.3. The molecule has 1 fully saturated rings. The van der Waals surface area contributed by atoms with Crippen molar-refractivity contribution in [2.75, 3.05) is 13.1 Å². The molecule has 1 saturated heterocycles. The van der Waals surface area contributed by atoms with Crippen LogP contribution in [0.2, 0.25) is 5.02 Å². The van der Waals surface area contributed by atoms with Gasteiger partial charge < -0.3 is 10.2 Å². The molecule has 30 heavy (non-hydrogen) atoms. The van der Waals surface area contributed by atoms with Crippen LogP contribution in [0.1, 0.15) is 28.9 Å². The van der Waals surface area contributed by atoms with Gasteiger partial charge in [0.2, 0.25) is 5.91 Å². The van der Waals surface area contributed by atoms with Crippen LogP contribution in [-0.4, -0.2) is 45.0 Å². The van der Waals surface area contributed by atoms with Crippen LogP contribution in [-0.2, 0) is 11.3 Å². The molecule has 1 aliphatic heterocycles. The lowest BCUT2D eigenvalue weighted by atomic mass is 9.96. The molecular formula is C22H22ClN5O2. The number of carbonyl (C=O) groups excluding carboxylic acids is 2. The number of nitrogens with zero attached hydrogens (tertiary/aromatic N) is 3. The standard InChI is InChI=1S/C22H22ClN5O2/c23-18-8-2-1-5-15(18)13-25-21(29)17-7-4-10-28(14-17)22(30)20-11-19(26-27-20)16-6-3-9-24-12-16/h1-3,5-6,8-9,11-12,17H,4,7,10,13-14H2,(H,25,29)(H,26,27)/t17-/m0/s1. The van der Waals surface area contributed by atoms with Crippen LogP contribution >= 0.6 is 11.6 Å². The van der Waals surface area contributed by atoms with E-state index < -0.39 is 0 Å². The molecule has 0 bridgehead atoms. The molecule has 7 nitrogen and oxygen atoms in total. The lowest BCUT2D eigenvalue weighted by Gasteiger charge is -2.31. The van der Waals surface area contributed by atoms with E-state index in [0.29, 0.717) is 36.0 Å². The molecule has 0 radical (unpaired) electrons. The smallest absolute Gasteiger partial charge is 0.271 e. The van der Waals surface area contributed by atoms with Crippen LogP contribution in [0.4, 0.5) is 0 Å². The minimum absolute atomic E-state index is 0.0620. The molecule has 0 aliphatic carbocycles. The fourth-order valence-electron chi connectivity index (χ4n) is 3.61. The third kappa shape index (κ3) is 4.52. The average Bonchev–Trinajstić information content (AvgIpc) is 3.29. The molecule has 4 rings (SSSR count). The molecule has 0 unspecified atom stereocenters. The number of H-pyrrole nitrogens is 1. The first-order valence-electron chi connectivity index (χ1n) is 9.88. The van der Waals surface area contributed by atoms with Gasteiger partial charge in [-0.25, -0.2) is 0 Å². The van der Waals surface area contributed by atoms with Crippen molar-refractivity contribution >= 4 is 23.4 Å². The summed E-state index contributed by atoms with van der Waals surface area (Å²) in [5, 5.41) is 10.6. The molecule has 1 atom stereocenters. The summed E-state index contributed by atoms with van der Waals surface area (Å²) in [5.74, 6) is -0.458. The van der Waals surface area contributed by atoms with E-state index in [1.165, 1.54) is 0 Å². The van der Waals surface area contributed by atoms with Crippen LogP contribution in [0.15, 0.2) is 54.9 Å². The highest BCUT2D eigenvalue weighted by atomic mass is 35.5. The molecule has 1 aromatic carbocycles. The summed E-state index contributed by atoms with van der Waals surface area (Å²) in [5.41, 5.74) is 2.78. The molecule has 0 saturated carbocycles. The number of carbonyl (C=O) groups is 2. The molecule has 0 spiro atoms. The summed E-state index contributed by atoms with van der Waals surface area (Å²) in [4.78, 5) is 31.4. The van der Waals surface area contributed by atoms with Gasteiger partial charge in [-0.2, -0.15) is 5.10 Å². The van der Waals surface area contributed by atoms with Crippen LogP contribution < -0.4 is 5.32 Å². The maximum Gasteiger partial charge on any atom is 0.271 e. The fourth-order valence-corrected chi connectivity index (χ4v) is 3.81. The van der Waals surface area contributed by atoms with Gasteiger partial charge in [-0.1, -0.05) is 29.8 Å². The Morgan fingerprint density at radius 1 is 1.23 bits per heavy atom. The lowest BCUT2D eigenvalue weighted by molar-refractivity contribution is -0.126. The first-order chi connectivity index (χ1) is 14.6. The van der Waals surface area contributed by atoms with Gasteiger partial charge in [0.05, 0.1) is 11.6 Å². The molecule has 2 N–H and O–H groups in total. The van der Waals surface area contributed by atoms with E-state index >= 15 is 0 Å². The second kappa shape index (κ2) is 9.09. The molecule has 3 heterocycles. The predicted molar refractivity (Wildman–Crippen MR) is 114 cm³/mol. The molecule has 154 valence electrons. The van der Waals surface area contributed by atoms with Crippen molar-refractivity contribution in [2.24, 2.45) is 5.92 Å². The lowest BCUT2D eigenvalue weighted by Crippen LogP contribution is -2.45. The highest BCUT2D eigenvalue weighted by Crippen LogP contribution is 2.21. The zero-order valence-electron chi connectivity index (χ0n) is 16.3. The number of piperidine rings is 1. The van der Waals surface area contributed by atoms with E-state index in [0.717, 1.165) is 24.0 Å². The van der Waals surface area contributed by atoms with Crippen molar-refractivity contribution in [3.05, 3.63) is 71.1 Å². The minimum Gasteiger partial charge on any atom is -0.352 e. The summed E-state index contributed by atoms with van der Waals surface area (Å²) in [6, 6.07) is 12.9. The number of hydrogen-bond donors (Lipinski definition) is 2. The monoisotopic (exact) mass is 423 g/mol. The number of nitrogens with one attached hydrogen (secondary N) is 2. The van der Waals surface area contributed by atoms with E-state index in [4.69, 9.17) is 11.6 Å². The van der Waals surface area contributed by atoms with E-state index in [1.54, 1.807) is 29.4 Å². The summed E-state index contributed by atoms with van der Waals surface area (Å²) < 4.78 is 0. The second-order valence-electron chi connectivity index (χ2n) is 7.31. The predicted octanol–water partition coefficient (Wildman–Crippen LogP) is 3.29. The largest absolute Gasteiger partial charge is 0.352 e. The number of aromatic nitrogens is 3. The minimum atomic E-state index is -0.245. The van der Waals surface area contributed by atoms with Gasteiger partial charge in [-0.15, -0.1) is 0 Å². The number of rotatable bonds is 5. The summed E-state index contributed by atoms with van der Waals surface area (Å²) in [7, 11) is 0. The Morgan fingerprint density at radius 3 is 2.90 bits per heavy atom. The summed E-state index contributed by atoms with van der Waals surface area (Å²) in [6.45, 7) is 1.38. The molecule has 3 aromatic rings. The van der Waals surface area contributed by atoms with Gasteiger partial charge in [0.15, 0.2) is 0 Å². The van der Waals surface area contributed by atoms with Gasteiger partial charge in [-0.05, 0) is 42.7 Å². The molecule has 2 aromatic heterocycles. The van der Waals surface area contributed by atoms with Crippen LogP contribution in [0.3, 0.4) is 0 Å². The van der Waals surface area contributed by atoms with Crippen LogP contribution in [0.5, 0.6) is 0 Å². The van der Waals surface area contributed by atoms with Crippen LogP contribution in [0, 0.1) is 5.92 Å². The highest BCUT2D eigenvalue weighted by Gasteiger charge is 2.29. The van der Waals surface area contributed by atoms with Crippen molar-refractivity contribution in [3.63, 3.8) is 0 Å². The van der Waals surface area contributed by atoms with Crippen molar-refractivity contribution in [2.45, 2.75) is 19.4 Å². The topological polar surface area (TPSA) is 91.0 Å². The number of likely N-dealkylation sites (tertiary alicyclic amines) is 1. The van der Waals surface area contributed by atoms with Crippen molar-refractivity contribution in [3.8, 4) is 11.3 Å². The van der Waals surface area contributed by atoms with Crippen molar-refractivity contribution in [1.82, 2.24) is 25.4 Å². The zero-order valence-corrected chi connectivity index (χ0v) is 17.1. The first-order valence-corrected chi connectivity index (χ1v) is 10.3. The molecule has 2 amide bonds. The van der Waals surface area contributed by atoms with Gasteiger partial charge in [-0.3, -0.25) is 19.7 Å². The number of hydrogen-bond acceptors (Lipinski definition) is 4. The maximum atomic E-state index is 12.9. The zero-order chi connectivity index (χ0) is 20.9. The van der Waals surface area contributed by atoms with Gasteiger partial charge >= 0.3 is 0 Å².